The van der Waals surface area contributed by atoms with Crippen LogP contribution in [0.15, 0.2) is 22.0 Å². The highest BCUT2D eigenvalue weighted by Gasteiger charge is 2.09. The third-order valence-corrected chi connectivity index (χ3v) is 5.95. The Balaban J connectivity index is 2.75. The van der Waals surface area contributed by atoms with E-state index >= 15 is 0 Å². The van der Waals surface area contributed by atoms with Crippen molar-refractivity contribution in [3.05, 3.63) is 31.1 Å². The molecule has 2 rings (SSSR count). The molecule has 0 atom stereocenters. The highest BCUT2D eigenvalue weighted by molar-refractivity contribution is 14.1. The Morgan fingerprint density at radius 2 is 2.36 bits per heavy atom. The lowest BCUT2D eigenvalue weighted by Gasteiger charge is -2.03. The first-order valence-electron chi connectivity index (χ1n) is 3.95. The molecule has 0 bridgehead atoms. The van der Waals surface area contributed by atoms with Crippen molar-refractivity contribution in [2.45, 2.75) is 6.42 Å². The Morgan fingerprint density at radius 1 is 1.57 bits per heavy atom. The van der Waals surface area contributed by atoms with Gasteiger partial charge in [0.2, 0.25) is 0 Å². The van der Waals surface area contributed by atoms with Crippen molar-refractivity contribution < 1.29 is 0 Å². The molecule has 0 unspecified atom stereocenters. The lowest BCUT2D eigenvalue weighted by atomic mass is 10.1. The van der Waals surface area contributed by atoms with Crippen LogP contribution < -0.4 is 0 Å². The van der Waals surface area contributed by atoms with Crippen molar-refractivity contribution in [1.29, 1.82) is 5.26 Å². The lowest BCUT2D eigenvalue weighted by molar-refractivity contribution is 1.25. The summed E-state index contributed by atoms with van der Waals surface area (Å²) < 4.78 is 3.53. The normalized spacial score (nSPS) is 10.4. The van der Waals surface area contributed by atoms with Gasteiger partial charge in [0.05, 0.1) is 12.5 Å². The van der Waals surface area contributed by atoms with Crippen LogP contribution in [-0.2, 0) is 6.42 Å². The van der Waals surface area contributed by atoms with Crippen LogP contribution in [0.1, 0.15) is 5.56 Å². The van der Waals surface area contributed by atoms with E-state index in [0.29, 0.717) is 6.42 Å². The Bertz CT molecular complexity index is 527. The van der Waals surface area contributed by atoms with E-state index in [9.17, 15) is 0 Å². The van der Waals surface area contributed by atoms with Gasteiger partial charge in [0.15, 0.2) is 0 Å². The molecular weight excluding hydrogens is 373 g/mol. The van der Waals surface area contributed by atoms with Crippen LogP contribution in [0.5, 0.6) is 0 Å². The molecule has 0 fully saturated rings. The first-order chi connectivity index (χ1) is 6.74. The number of halogens is 2. The zero-order valence-corrected chi connectivity index (χ0v) is 11.6. The Kier molecular flexibility index (Phi) is 3.10. The summed E-state index contributed by atoms with van der Waals surface area (Å²) >= 11 is 7.58. The number of thiophene rings is 1. The number of hydrogen-bond acceptors (Lipinski definition) is 2. The van der Waals surface area contributed by atoms with E-state index in [-0.39, 0.29) is 0 Å². The number of nitriles is 1. The minimum atomic E-state index is 0.475. The molecule has 0 saturated carbocycles. The minimum absolute atomic E-state index is 0.475. The highest BCUT2D eigenvalue weighted by atomic mass is 127. The first-order valence-corrected chi connectivity index (χ1v) is 6.70. The SMILES string of the molecule is N#CCc1cc2ccsc2c(Br)c1I. The summed E-state index contributed by atoms with van der Waals surface area (Å²) in [5, 5.41) is 12.0. The summed E-state index contributed by atoms with van der Waals surface area (Å²) in [7, 11) is 0. The maximum atomic E-state index is 8.69. The Morgan fingerprint density at radius 3 is 3.07 bits per heavy atom. The molecule has 0 saturated heterocycles. The molecule has 1 nitrogen and oxygen atoms in total. The third kappa shape index (κ3) is 1.69. The van der Waals surface area contributed by atoms with Crippen LogP contribution in [0, 0.1) is 14.9 Å². The van der Waals surface area contributed by atoms with Crippen molar-refractivity contribution in [3.63, 3.8) is 0 Å². The van der Waals surface area contributed by atoms with Gasteiger partial charge < -0.3 is 0 Å². The van der Waals surface area contributed by atoms with E-state index in [2.05, 4.69) is 62.1 Å². The maximum Gasteiger partial charge on any atom is 0.0670 e. The molecule has 1 aromatic carbocycles. The second kappa shape index (κ2) is 4.17. The molecule has 0 N–H and O–H groups in total. The van der Waals surface area contributed by atoms with Crippen molar-refractivity contribution in [3.8, 4) is 6.07 Å². The summed E-state index contributed by atoms with van der Waals surface area (Å²) in [4.78, 5) is 0. The fraction of sp³-hybridized carbons (Fsp3) is 0.100. The molecule has 2 aromatic rings. The van der Waals surface area contributed by atoms with E-state index in [0.717, 1.165) is 13.6 Å². The summed E-state index contributed by atoms with van der Waals surface area (Å²) in [5.74, 6) is 0. The standard InChI is InChI=1S/C10H5BrINS/c11-8-9(12)6(1-3-13)5-7-2-4-14-10(7)8/h2,4-5H,1H2. The van der Waals surface area contributed by atoms with Gasteiger partial charge >= 0.3 is 0 Å². The zero-order chi connectivity index (χ0) is 10.1. The van der Waals surface area contributed by atoms with Gasteiger partial charge in [-0.05, 0) is 67.0 Å². The number of fused-ring (bicyclic) bond motifs is 1. The van der Waals surface area contributed by atoms with Crippen LogP contribution in [0.4, 0.5) is 0 Å². The van der Waals surface area contributed by atoms with Gasteiger partial charge in [-0.3, -0.25) is 0 Å². The minimum Gasteiger partial charge on any atom is -0.198 e. The van der Waals surface area contributed by atoms with Crippen LogP contribution in [0.3, 0.4) is 0 Å². The summed E-state index contributed by atoms with van der Waals surface area (Å²) in [6.45, 7) is 0. The van der Waals surface area contributed by atoms with E-state index in [1.54, 1.807) is 11.3 Å². The molecular formula is C10H5BrINS. The smallest absolute Gasteiger partial charge is 0.0670 e. The number of benzene rings is 1. The fourth-order valence-corrected chi connectivity index (χ4v) is 3.70. The predicted octanol–water partition coefficient (Wildman–Crippen LogP) is 4.33. The topological polar surface area (TPSA) is 23.8 Å². The summed E-state index contributed by atoms with van der Waals surface area (Å²) in [6, 6.07) is 6.37. The van der Waals surface area contributed by atoms with Crippen LogP contribution in [0.2, 0.25) is 0 Å². The Hall–Kier alpha value is -0.120. The van der Waals surface area contributed by atoms with Crippen LogP contribution in [-0.4, -0.2) is 0 Å². The molecule has 1 heterocycles. The number of hydrogen-bond donors (Lipinski definition) is 0. The third-order valence-electron chi connectivity index (χ3n) is 1.97. The summed E-state index contributed by atoms with van der Waals surface area (Å²) in [5.41, 5.74) is 1.10. The van der Waals surface area contributed by atoms with Crippen LogP contribution in [0.25, 0.3) is 10.1 Å². The fourth-order valence-electron chi connectivity index (χ4n) is 1.32. The van der Waals surface area contributed by atoms with Gasteiger partial charge in [-0.25, -0.2) is 0 Å². The molecule has 70 valence electrons. The van der Waals surface area contributed by atoms with Gasteiger partial charge in [-0.15, -0.1) is 11.3 Å². The largest absolute Gasteiger partial charge is 0.198 e. The van der Waals surface area contributed by atoms with Gasteiger partial charge in [-0.1, -0.05) is 0 Å². The average Bonchev–Trinajstić information content (AvgIpc) is 2.62. The first kappa shape index (κ1) is 10.4. The molecule has 1 aromatic heterocycles. The summed E-state index contributed by atoms with van der Waals surface area (Å²) in [6.07, 6.45) is 0.475. The van der Waals surface area contributed by atoms with E-state index in [1.807, 2.05) is 0 Å². The molecule has 0 aliphatic rings. The monoisotopic (exact) mass is 377 g/mol. The number of rotatable bonds is 1. The van der Waals surface area contributed by atoms with Crippen molar-refractivity contribution >= 4 is 59.9 Å². The maximum absolute atomic E-state index is 8.69. The molecule has 0 aliphatic heterocycles. The van der Waals surface area contributed by atoms with E-state index in [4.69, 9.17) is 5.26 Å². The van der Waals surface area contributed by atoms with Crippen molar-refractivity contribution in [1.82, 2.24) is 0 Å². The predicted molar refractivity (Wildman–Crippen MR) is 71.6 cm³/mol. The second-order valence-electron chi connectivity index (χ2n) is 2.84. The highest BCUT2D eigenvalue weighted by Crippen LogP contribution is 2.35. The number of nitrogens with zero attached hydrogens (tertiary/aromatic N) is 1. The van der Waals surface area contributed by atoms with Crippen LogP contribution >= 0.6 is 49.9 Å². The zero-order valence-electron chi connectivity index (χ0n) is 7.05. The molecule has 0 radical (unpaired) electrons. The quantitative estimate of drug-likeness (QED) is 0.678. The Labute approximate surface area is 108 Å². The van der Waals surface area contributed by atoms with Gasteiger partial charge in [0.25, 0.3) is 0 Å². The lowest BCUT2D eigenvalue weighted by Crippen LogP contribution is -1.88. The van der Waals surface area contributed by atoms with Gasteiger partial charge in [-0.2, -0.15) is 5.26 Å². The van der Waals surface area contributed by atoms with Crippen molar-refractivity contribution in [2.24, 2.45) is 0 Å². The average molecular weight is 378 g/mol. The molecule has 4 heteroatoms. The molecule has 14 heavy (non-hydrogen) atoms. The molecule has 0 spiro atoms. The second-order valence-corrected chi connectivity index (χ2v) is 5.63. The molecule has 0 aliphatic carbocycles. The molecule has 0 amide bonds. The van der Waals surface area contributed by atoms with E-state index < -0.39 is 0 Å². The van der Waals surface area contributed by atoms with E-state index in [1.165, 1.54) is 10.1 Å². The van der Waals surface area contributed by atoms with Crippen molar-refractivity contribution in [2.75, 3.05) is 0 Å². The van der Waals surface area contributed by atoms with Gasteiger partial charge in [0, 0.05) is 12.7 Å². The van der Waals surface area contributed by atoms with Gasteiger partial charge in [0.1, 0.15) is 0 Å².